The molecule has 2 heterocycles. The van der Waals surface area contributed by atoms with Crippen molar-refractivity contribution >= 4 is 34.8 Å². The van der Waals surface area contributed by atoms with Gasteiger partial charge in [0.25, 0.3) is 0 Å². The topological polar surface area (TPSA) is 198 Å². The summed E-state index contributed by atoms with van der Waals surface area (Å²) in [7, 11) is 2.49. The monoisotopic (exact) mass is 759 g/mol. The van der Waals surface area contributed by atoms with Gasteiger partial charge >= 0.3 is 12.2 Å². The van der Waals surface area contributed by atoms with E-state index in [-0.39, 0.29) is 43.4 Å². The van der Waals surface area contributed by atoms with Crippen LogP contribution in [0.5, 0.6) is 0 Å². The zero-order valence-corrected chi connectivity index (χ0v) is 31.8. The number of benzene rings is 3. The summed E-state index contributed by atoms with van der Waals surface area (Å²) >= 11 is 0. The predicted octanol–water partition coefficient (Wildman–Crippen LogP) is 5.62. The standard InChI is InChI=1S/C41H45N9O6/c1-26(17-42)22-49(37(51)20-45-39(53)55-3)23-35-44-19-34(48-35)32-12-11-30-15-29(9-10-31(30)16-32)27-5-7-28(8-6-27)33-18-43-36(47-33)24-50(25-41(2)13-14-41)38(52)21-46-40(54)56-4/h5-12,15-16,18-19,26H,13-14,20-25H2,1-4H3,(H,43,47)(H,44,48)(H,45,53)(H,46,54)/t26-/m1/s1. The van der Waals surface area contributed by atoms with Crippen molar-refractivity contribution < 1.29 is 28.7 Å². The third kappa shape index (κ3) is 9.89. The van der Waals surface area contributed by atoms with E-state index in [0.717, 1.165) is 57.3 Å². The number of hydrogen-bond donors (Lipinski definition) is 4. The van der Waals surface area contributed by atoms with E-state index in [4.69, 9.17) is 0 Å². The first-order valence-electron chi connectivity index (χ1n) is 18.3. The van der Waals surface area contributed by atoms with Crippen LogP contribution in [0.4, 0.5) is 9.59 Å². The van der Waals surface area contributed by atoms with E-state index in [1.165, 1.54) is 19.1 Å². The molecule has 56 heavy (non-hydrogen) atoms. The Kier molecular flexibility index (Phi) is 12.0. The normalized spacial score (nSPS) is 13.3. The maximum atomic E-state index is 13.0. The molecular formula is C41H45N9O6. The largest absolute Gasteiger partial charge is 0.453 e. The van der Waals surface area contributed by atoms with Gasteiger partial charge in [-0.15, -0.1) is 0 Å². The smallest absolute Gasteiger partial charge is 0.407 e. The van der Waals surface area contributed by atoms with E-state index in [9.17, 15) is 24.4 Å². The lowest BCUT2D eigenvalue weighted by Gasteiger charge is -2.25. The van der Waals surface area contributed by atoms with E-state index < -0.39 is 18.1 Å². The minimum absolute atomic E-state index is 0.0841. The highest BCUT2D eigenvalue weighted by molar-refractivity contribution is 5.90. The highest BCUT2D eigenvalue weighted by atomic mass is 16.5. The first kappa shape index (κ1) is 39.0. The molecular weight excluding hydrogens is 715 g/mol. The lowest BCUT2D eigenvalue weighted by atomic mass is 9.98. The second kappa shape index (κ2) is 17.2. The number of alkyl carbamates (subject to hydrolysis) is 2. The number of ether oxygens (including phenoxy) is 2. The number of hydrogen-bond acceptors (Lipinski definition) is 9. The van der Waals surface area contributed by atoms with E-state index in [0.29, 0.717) is 24.7 Å². The summed E-state index contributed by atoms with van der Waals surface area (Å²) in [6.07, 6.45) is 4.23. The predicted molar refractivity (Wildman–Crippen MR) is 208 cm³/mol. The van der Waals surface area contributed by atoms with Crippen LogP contribution in [0, 0.1) is 22.7 Å². The van der Waals surface area contributed by atoms with Gasteiger partial charge in [0, 0.05) is 18.7 Å². The van der Waals surface area contributed by atoms with Gasteiger partial charge in [0.1, 0.15) is 24.7 Å². The van der Waals surface area contributed by atoms with E-state index >= 15 is 0 Å². The molecule has 1 aliphatic carbocycles. The number of nitrogens with one attached hydrogen (secondary N) is 4. The molecule has 1 atom stereocenters. The Morgan fingerprint density at radius 2 is 1.25 bits per heavy atom. The van der Waals surface area contributed by atoms with Crippen LogP contribution in [-0.4, -0.2) is 94.1 Å². The first-order valence-corrected chi connectivity index (χ1v) is 18.3. The van der Waals surface area contributed by atoms with Gasteiger partial charge in [0.05, 0.1) is 63.1 Å². The van der Waals surface area contributed by atoms with Crippen molar-refractivity contribution in [2.24, 2.45) is 11.3 Å². The number of H-pyrrole nitrogens is 2. The molecule has 2 aromatic heterocycles. The number of amides is 4. The first-order chi connectivity index (χ1) is 26.9. The van der Waals surface area contributed by atoms with Crippen molar-refractivity contribution in [2.45, 2.75) is 39.8 Å². The molecule has 1 fully saturated rings. The van der Waals surface area contributed by atoms with Gasteiger partial charge in [-0.2, -0.15) is 5.26 Å². The van der Waals surface area contributed by atoms with Crippen LogP contribution in [0.1, 0.15) is 38.3 Å². The fourth-order valence-corrected chi connectivity index (χ4v) is 6.33. The fraction of sp³-hybridized carbons (Fsp3) is 0.341. The van der Waals surface area contributed by atoms with Crippen molar-refractivity contribution in [2.75, 3.05) is 40.4 Å². The third-order valence-electron chi connectivity index (χ3n) is 9.85. The van der Waals surface area contributed by atoms with Crippen LogP contribution in [0.15, 0.2) is 73.1 Å². The number of nitriles is 1. The molecule has 15 heteroatoms. The maximum Gasteiger partial charge on any atom is 0.407 e. The van der Waals surface area contributed by atoms with Gasteiger partial charge in [-0.05, 0) is 64.8 Å². The lowest BCUT2D eigenvalue weighted by Crippen LogP contribution is -2.42. The molecule has 4 N–H and O–H groups in total. The summed E-state index contributed by atoms with van der Waals surface area (Å²) in [6.45, 7) is 4.68. The highest BCUT2D eigenvalue weighted by Gasteiger charge is 2.40. The summed E-state index contributed by atoms with van der Waals surface area (Å²) in [4.78, 5) is 67.8. The van der Waals surface area contributed by atoms with Gasteiger partial charge in [-0.25, -0.2) is 19.6 Å². The summed E-state index contributed by atoms with van der Waals surface area (Å²) < 4.78 is 9.17. The van der Waals surface area contributed by atoms with Crippen molar-refractivity contribution in [3.63, 3.8) is 0 Å². The second-order valence-electron chi connectivity index (χ2n) is 14.4. The second-order valence-corrected chi connectivity index (χ2v) is 14.4. The van der Waals surface area contributed by atoms with Gasteiger partial charge in [0.15, 0.2) is 0 Å². The number of nitrogens with zero attached hydrogens (tertiary/aromatic N) is 5. The van der Waals surface area contributed by atoms with Gasteiger partial charge in [-0.1, -0.05) is 55.5 Å². The molecule has 5 aromatic rings. The quantitative estimate of drug-likeness (QED) is 0.105. The zero-order valence-electron chi connectivity index (χ0n) is 31.8. The maximum absolute atomic E-state index is 13.0. The number of aromatic nitrogens is 4. The number of fused-ring (bicyclic) bond motifs is 1. The lowest BCUT2D eigenvalue weighted by molar-refractivity contribution is -0.132. The van der Waals surface area contributed by atoms with Crippen LogP contribution < -0.4 is 10.6 Å². The summed E-state index contributed by atoms with van der Waals surface area (Å²) in [6, 6.07) is 22.8. The minimum atomic E-state index is -0.712. The molecule has 4 amide bonds. The van der Waals surface area contributed by atoms with Crippen molar-refractivity contribution in [1.82, 2.24) is 40.4 Å². The molecule has 0 saturated heterocycles. The fourth-order valence-electron chi connectivity index (χ4n) is 6.33. The average Bonchev–Trinajstić information content (AvgIpc) is 3.53. The molecule has 0 spiro atoms. The van der Waals surface area contributed by atoms with E-state index in [2.05, 4.69) is 95.5 Å². The Bertz CT molecular complexity index is 2250. The Balaban J connectivity index is 1.10. The number of imidazole rings is 2. The average molecular weight is 760 g/mol. The molecule has 1 saturated carbocycles. The Morgan fingerprint density at radius 3 is 1.80 bits per heavy atom. The minimum Gasteiger partial charge on any atom is -0.453 e. The highest BCUT2D eigenvalue weighted by Crippen LogP contribution is 2.45. The van der Waals surface area contributed by atoms with Crippen molar-refractivity contribution in [3.8, 4) is 39.7 Å². The van der Waals surface area contributed by atoms with Gasteiger partial charge in [0.2, 0.25) is 11.8 Å². The molecule has 1 aliphatic rings. The van der Waals surface area contributed by atoms with Gasteiger partial charge in [-0.3, -0.25) is 9.59 Å². The number of aromatic amines is 2. The van der Waals surface area contributed by atoms with Crippen LogP contribution in [0.25, 0.3) is 44.4 Å². The van der Waals surface area contributed by atoms with Gasteiger partial charge < -0.3 is 39.9 Å². The Labute approximate surface area is 324 Å². The molecule has 15 nitrogen and oxygen atoms in total. The van der Waals surface area contributed by atoms with Crippen molar-refractivity contribution in [1.29, 1.82) is 5.26 Å². The molecule has 0 radical (unpaired) electrons. The van der Waals surface area contributed by atoms with Crippen LogP contribution in [0.2, 0.25) is 0 Å². The number of methoxy groups -OCH3 is 2. The third-order valence-corrected chi connectivity index (χ3v) is 9.85. The zero-order chi connectivity index (χ0) is 39.8. The van der Waals surface area contributed by atoms with E-state index in [1.54, 1.807) is 24.2 Å². The SMILES string of the molecule is COC(=O)NCC(=O)N(Cc1ncc(-c2ccc3cc(-c4ccc(-c5cnc(CN(CC6(C)CC6)C(=O)CNC(=O)OC)[nH]5)cc4)ccc3c2)[nH]1)C[C@H](C)C#N. The molecule has 0 bridgehead atoms. The van der Waals surface area contributed by atoms with E-state index in [1.807, 2.05) is 18.2 Å². The van der Waals surface area contributed by atoms with Crippen LogP contribution in [0.3, 0.4) is 0 Å². The number of carbonyl (C=O) groups is 4. The molecule has 0 aliphatic heterocycles. The molecule has 0 unspecified atom stereocenters. The Hall–Kier alpha value is -6.69. The number of rotatable bonds is 15. The molecule has 3 aromatic carbocycles. The number of carbonyl (C=O) groups excluding carboxylic acids is 4. The van der Waals surface area contributed by atoms with Crippen molar-refractivity contribution in [3.05, 3.63) is 84.7 Å². The summed E-state index contributed by atoms with van der Waals surface area (Å²) in [5.41, 5.74) is 5.70. The summed E-state index contributed by atoms with van der Waals surface area (Å²) in [5, 5.41) is 16.3. The molecule has 290 valence electrons. The summed E-state index contributed by atoms with van der Waals surface area (Å²) in [5.74, 6) is 0.239. The van der Waals surface area contributed by atoms with Crippen LogP contribution >= 0.6 is 0 Å². The van der Waals surface area contributed by atoms with Crippen LogP contribution in [-0.2, 0) is 32.2 Å². The Morgan fingerprint density at radius 1 is 0.768 bits per heavy atom. The molecule has 6 rings (SSSR count).